The molecule has 3 rings (SSSR count). The van der Waals surface area contributed by atoms with Gasteiger partial charge in [0.1, 0.15) is 0 Å². The fourth-order valence-corrected chi connectivity index (χ4v) is 8.81. The maximum absolute atomic E-state index is 6.85. The van der Waals surface area contributed by atoms with Gasteiger partial charge >= 0.3 is 0 Å². The highest BCUT2D eigenvalue weighted by atomic mass is 79.9. The first-order valence-electron chi connectivity index (χ1n) is 8.95. The van der Waals surface area contributed by atoms with Crippen molar-refractivity contribution in [1.82, 2.24) is 0 Å². The topological polar surface area (TPSA) is 21.8 Å². The number of halogens is 1. The van der Waals surface area contributed by atoms with Gasteiger partial charge in [-0.2, -0.15) is 0 Å². The fraction of sp³-hybridized carbons (Fsp3) is 0.429. The predicted molar refractivity (Wildman–Crippen MR) is 111 cm³/mol. The molecular formula is C21H27BrO2Si. The Morgan fingerprint density at radius 3 is 1.84 bits per heavy atom. The summed E-state index contributed by atoms with van der Waals surface area (Å²) in [6.45, 7) is 7.68. The summed E-state index contributed by atoms with van der Waals surface area (Å²) in [7, 11) is -2.39. The van der Waals surface area contributed by atoms with Crippen LogP contribution in [0.3, 0.4) is 0 Å². The van der Waals surface area contributed by atoms with Crippen LogP contribution >= 0.6 is 15.9 Å². The van der Waals surface area contributed by atoms with E-state index < -0.39 is 8.32 Å². The second-order valence-electron chi connectivity index (χ2n) is 7.67. The molecular weight excluding hydrogens is 392 g/mol. The molecule has 4 heteroatoms. The first kappa shape index (κ1) is 18.8. The van der Waals surface area contributed by atoms with Crippen molar-refractivity contribution in [1.29, 1.82) is 0 Å². The molecule has 0 aromatic heterocycles. The quantitative estimate of drug-likeness (QED) is 0.383. The number of epoxide rings is 1. The van der Waals surface area contributed by atoms with Gasteiger partial charge in [-0.15, -0.1) is 0 Å². The van der Waals surface area contributed by atoms with Gasteiger partial charge in [-0.1, -0.05) is 97.4 Å². The molecule has 25 heavy (non-hydrogen) atoms. The van der Waals surface area contributed by atoms with Crippen LogP contribution in [0, 0.1) is 0 Å². The molecule has 2 atom stereocenters. The Kier molecular flexibility index (Phi) is 5.84. The zero-order valence-corrected chi connectivity index (χ0v) is 17.8. The van der Waals surface area contributed by atoms with E-state index in [9.17, 15) is 0 Å². The zero-order chi connectivity index (χ0) is 17.9. The summed E-state index contributed by atoms with van der Waals surface area (Å²) in [4.78, 5) is 0. The molecule has 0 radical (unpaired) electrons. The minimum Gasteiger partial charge on any atom is -0.407 e. The molecule has 1 heterocycles. The maximum atomic E-state index is 6.85. The van der Waals surface area contributed by atoms with Crippen LogP contribution in [0.5, 0.6) is 0 Å². The van der Waals surface area contributed by atoms with Gasteiger partial charge in [0.05, 0.1) is 12.2 Å². The Balaban J connectivity index is 1.94. The van der Waals surface area contributed by atoms with Crippen molar-refractivity contribution < 1.29 is 9.16 Å². The number of hydrogen-bond donors (Lipinski definition) is 0. The van der Waals surface area contributed by atoms with Crippen molar-refractivity contribution in [2.75, 3.05) is 11.9 Å². The van der Waals surface area contributed by atoms with E-state index in [-0.39, 0.29) is 5.04 Å². The van der Waals surface area contributed by atoms with Gasteiger partial charge in [-0.05, 0) is 21.8 Å². The van der Waals surface area contributed by atoms with Crippen molar-refractivity contribution >= 4 is 34.6 Å². The lowest BCUT2D eigenvalue weighted by Gasteiger charge is -2.43. The Hall–Kier alpha value is -0.943. The van der Waals surface area contributed by atoms with Crippen LogP contribution in [-0.4, -0.2) is 32.5 Å². The second kappa shape index (κ2) is 7.75. The molecule has 0 aliphatic carbocycles. The van der Waals surface area contributed by atoms with Crippen LogP contribution in [0.4, 0.5) is 0 Å². The maximum Gasteiger partial charge on any atom is 0.261 e. The van der Waals surface area contributed by atoms with Crippen molar-refractivity contribution in [3.8, 4) is 0 Å². The summed E-state index contributed by atoms with van der Waals surface area (Å²) < 4.78 is 12.5. The molecule has 0 amide bonds. The normalized spacial score (nSPS) is 20.5. The molecule has 0 spiro atoms. The SMILES string of the molecule is CC(C)(C)[Si](OCC[C@@H]1O[C@H]1CBr)(c1ccccc1)c1ccccc1. The molecule has 0 saturated carbocycles. The summed E-state index contributed by atoms with van der Waals surface area (Å²) in [6.07, 6.45) is 1.67. The summed E-state index contributed by atoms with van der Waals surface area (Å²) in [5, 5.41) is 3.62. The van der Waals surface area contributed by atoms with E-state index >= 15 is 0 Å². The van der Waals surface area contributed by atoms with E-state index in [1.54, 1.807) is 0 Å². The monoisotopic (exact) mass is 418 g/mol. The summed E-state index contributed by atoms with van der Waals surface area (Å²) in [5.74, 6) is 0. The molecule has 1 aliphatic rings. The number of hydrogen-bond acceptors (Lipinski definition) is 2. The third-order valence-corrected chi connectivity index (χ3v) is 10.7. The minimum atomic E-state index is -2.39. The first-order valence-corrected chi connectivity index (χ1v) is 12.0. The molecule has 1 fully saturated rings. The lowest BCUT2D eigenvalue weighted by molar-refractivity contribution is 0.267. The fourth-order valence-electron chi connectivity index (χ4n) is 3.66. The lowest BCUT2D eigenvalue weighted by atomic mass is 10.2. The van der Waals surface area contributed by atoms with E-state index in [1.807, 2.05) is 0 Å². The van der Waals surface area contributed by atoms with Crippen molar-refractivity contribution in [2.24, 2.45) is 0 Å². The third kappa shape index (κ3) is 3.92. The van der Waals surface area contributed by atoms with Crippen molar-refractivity contribution in [3.63, 3.8) is 0 Å². The summed E-state index contributed by atoms with van der Waals surface area (Å²) in [6, 6.07) is 21.6. The van der Waals surface area contributed by atoms with Crippen LogP contribution < -0.4 is 10.4 Å². The first-order chi connectivity index (χ1) is 12.0. The minimum absolute atomic E-state index is 0.0366. The Morgan fingerprint density at radius 2 is 1.44 bits per heavy atom. The summed E-state index contributed by atoms with van der Waals surface area (Å²) in [5.41, 5.74) is 0. The van der Waals surface area contributed by atoms with Crippen LogP contribution in [-0.2, 0) is 9.16 Å². The average molecular weight is 419 g/mol. The van der Waals surface area contributed by atoms with E-state index in [4.69, 9.17) is 9.16 Å². The number of rotatable bonds is 7. The van der Waals surface area contributed by atoms with Gasteiger partial charge in [0.25, 0.3) is 8.32 Å². The molecule has 1 aliphatic heterocycles. The summed E-state index contributed by atoms with van der Waals surface area (Å²) >= 11 is 3.50. The van der Waals surface area contributed by atoms with Gasteiger partial charge in [-0.3, -0.25) is 0 Å². The molecule has 2 nitrogen and oxygen atoms in total. The van der Waals surface area contributed by atoms with Crippen LogP contribution in [0.25, 0.3) is 0 Å². The second-order valence-corrected chi connectivity index (χ2v) is 12.6. The third-order valence-electron chi connectivity index (χ3n) is 4.98. The Bertz CT molecular complexity index is 630. The van der Waals surface area contributed by atoms with Crippen molar-refractivity contribution in [2.45, 2.75) is 44.4 Å². The van der Waals surface area contributed by atoms with E-state index in [0.29, 0.717) is 12.2 Å². The van der Waals surface area contributed by atoms with Crippen LogP contribution in [0.2, 0.25) is 5.04 Å². The molecule has 0 unspecified atom stereocenters. The number of benzene rings is 2. The predicted octanol–water partition coefficient (Wildman–Crippen LogP) is 4.12. The van der Waals surface area contributed by atoms with Gasteiger partial charge in [0.2, 0.25) is 0 Å². The van der Waals surface area contributed by atoms with E-state index in [2.05, 4.69) is 97.4 Å². The lowest BCUT2D eigenvalue weighted by Crippen LogP contribution is -2.66. The van der Waals surface area contributed by atoms with Gasteiger partial charge in [0, 0.05) is 11.9 Å². The molecule has 2 aromatic carbocycles. The van der Waals surface area contributed by atoms with E-state index in [1.165, 1.54) is 10.4 Å². The van der Waals surface area contributed by atoms with E-state index in [0.717, 1.165) is 18.4 Å². The van der Waals surface area contributed by atoms with Crippen LogP contribution in [0.15, 0.2) is 60.7 Å². The molecule has 0 bridgehead atoms. The molecule has 1 saturated heterocycles. The van der Waals surface area contributed by atoms with Crippen molar-refractivity contribution in [3.05, 3.63) is 60.7 Å². The Labute approximate surface area is 160 Å². The highest BCUT2D eigenvalue weighted by Gasteiger charge is 2.50. The molecule has 2 aromatic rings. The number of alkyl halides is 1. The average Bonchev–Trinajstić information content (AvgIpc) is 3.38. The van der Waals surface area contributed by atoms with Gasteiger partial charge in [-0.25, -0.2) is 0 Å². The molecule has 0 N–H and O–H groups in total. The molecule has 134 valence electrons. The highest BCUT2D eigenvalue weighted by Crippen LogP contribution is 2.37. The highest BCUT2D eigenvalue weighted by molar-refractivity contribution is 9.09. The van der Waals surface area contributed by atoms with Crippen LogP contribution in [0.1, 0.15) is 27.2 Å². The smallest absolute Gasteiger partial charge is 0.261 e. The number of ether oxygens (including phenoxy) is 1. The largest absolute Gasteiger partial charge is 0.407 e. The zero-order valence-electron chi connectivity index (χ0n) is 15.2. The standard InChI is InChI=1S/C21H27BrO2Si/c1-21(2,3)25(17-10-6-4-7-11-17,18-12-8-5-9-13-18)23-15-14-19-20(16-22)24-19/h4-13,19-20H,14-16H2,1-3H3/t19-,20-/m0/s1. The van der Waals surface area contributed by atoms with Gasteiger partial charge in [0.15, 0.2) is 0 Å². The Morgan fingerprint density at radius 1 is 0.920 bits per heavy atom. The van der Waals surface area contributed by atoms with Gasteiger partial charge < -0.3 is 9.16 Å².